The molecule has 0 saturated carbocycles. The molecular weight excluding hydrogens is 344 g/mol. The summed E-state index contributed by atoms with van der Waals surface area (Å²) < 4.78 is 37.2. The SMILES string of the molecule is COc1ccc(S(=O)(=O)N2CC[NH+](CC(=O)OC(C)(C)C)CC2)cc1. The van der Waals surface area contributed by atoms with Crippen molar-refractivity contribution in [1.29, 1.82) is 0 Å². The Balaban J connectivity index is 1.93. The van der Waals surface area contributed by atoms with E-state index >= 15 is 0 Å². The Morgan fingerprint density at radius 2 is 1.72 bits per heavy atom. The Kier molecular flexibility index (Phi) is 6.08. The van der Waals surface area contributed by atoms with Crippen molar-refractivity contribution in [3.8, 4) is 5.75 Å². The number of esters is 1. The van der Waals surface area contributed by atoms with Gasteiger partial charge in [0.15, 0.2) is 6.54 Å². The molecule has 8 heteroatoms. The highest BCUT2D eigenvalue weighted by atomic mass is 32.2. The van der Waals surface area contributed by atoms with Crippen LogP contribution in [0.1, 0.15) is 20.8 Å². The minimum Gasteiger partial charge on any atom is -0.497 e. The molecule has 1 aromatic rings. The molecule has 0 bridgehead atoms. The number of carbonyl (C=O) groups is 1. The molecule has 0 aliphatic carbocycles. The van der Waals surface area contributed by atoms with Gasteiger partial charge in [-0.25, -0.2) is 13.2 Å². The molecule has 1 saturated heterocycles. The number of methoxy groups -OCH3 is 1. The number of nitrogens with zero attached hydrogens (tertiary/aromatic N) is 1. The van der Waals surface area contributed by atoms with Crippen molar-refractivity contribution in [2.45, 2.75) is 31.3 Å². The molecule has 7 nitrogen and oxygen atoms in total. The number of ether oxygens (including phenoxy) is 2. The van der Waals surface area contributed by atoms with Gasteiger partial charge in [0.1, 0.15) is 11.4 Å². The highest BCUT2D eigenvalue weighted by molar-refractivity contribution is 7.89. The van der Waals surface area contributed by atoms with Gasteiger partial charge in [-0.3, -0.25) is 0 Å². The van der Waals surface area contributed by atoms with Gasteiger partial charge in [-0.15, -0.1) is 0 Å². The summed E-state index contributed by atoms with van der Waals surface area (Å²) in [5.74, 6) is 0.361. The standard InChI is InChI=1S/C17H26N2O5S/c1-17(2,3)24-16(20)13-18-9-11-19(12-10-18)25(21,22)15-7-5-14(23-4)6-8-15/h5-8H,9-13H2,1-4H3/p+1. The van der Waals surface area contributed by atoms with Crippen LogP contribution in [0, 0.1) is 0 Å². The molecule has 0 amide bonds. The summed E-state index contributed by atoms with van der Waals surface area (Å²) in [5, 5.41) is 0. The van der Waals surface area contributed by atoms with Crippen molar-refractivity contribution in [3.05, 3.63) is 24.3 Å². The van der Waals surface area contributed by atoms with Crippen molar-refractivity contribution in [1.82, 2.24) is 4.31 Å². The van der Waals surface area contributed by atoms with E-state index in [1.807, 2.05) is 20.8 Å². The summed E-state index contributed by atoms with van der Waals surface area (Å²) in [5.41, 5.74) is -0.504. The van der Waals surface area contributed by atoms with Crippen molar-refractivity contribution in [2.75, 3.05) is 39.8 Å². The molecule has 0 spiro atoms. The fourth-order valence-corrected chi connectivity index (χ4v) is 4.14. The molecule has 1 heterocycles. The number of carbonyl (C=O) groups excluding carboxylic acids is 1. The molecule has 0 atom stereocenters. The number of piperazine rings is 1. The molecule has 2 rings (SSSR count). The van der Waals surface area contributed by atoms with E-state index in [9.17, 15) is 13.2 Å². The lowest BCUT2D eigenvalue weighted by Crippen LogP contribution is -3.15. The molecule has 1 N–H and O–H groups in total. The molecule has 0 aromatic heterocycles. The third-order valence-electron chi connectivity index (χ3n) is 3.94. The van der Waals surface area contributed by atoms with Crippen LogP contribution in [0.4, 0.5) is 0 Å². The molecule has 1 aromatic carbocycles. The van der Waals surface area contributed by atoms with E-state index in [-0.39, 0.29) is 17.4 Å². The first kappa shape index (κ1) is 19.7. The van der Waals surface area contributed by atoms with E-state index < -0.39 is 15.6 Å². The molecule has 1 fully saturated rings. The fourth-order valence-electron chi connectivity index (χ4n) is 2.70. The Hall–Kier alpha value is -1.64. The number of sulfonamides is 1. The van der Waals surface area contributed by atoms with E-state index in [4.69, 9.17) is 9.47 Å². The summed E-state index contributed by atoms with van der Waals surface area (Å²) in [6.45, 7) is 7.68. The molecule has 140 valence electrons. The van der Waals surface area contributed by atoms with Gasteiger partial charge >= 0.3 is 5.97 Å². The van der Waals surface area contributed by atoms with Crippen LogP contribution >= 0.6 is 0 Å². The lowest BCUT2D eigenvalue weighted by Gasteiger charge is -2.31. The van der Waals surface area contributed by atoms with Crippen LogP contribution < -0.4 is 9.64 Å². The first-order chi connectivity index (χ1) is 11.6. The van der Waals surface area contributed by atoms with Gasteiger partial charge in [0.25, 0.3) is 0 Å². The Bertz CT molecular complexity index is 687. The minimum absolute atomic E-state index is 0.254. The maximum Gasteiger partial charge on any atom is 0.362 e. The second kappa shape index (κ2) is 7.72. The first-order valence-corrected chi connectivity index (χ1v) is 9.75. The smallest absolute Gasteiger partial charge is 0.362 e. The number of quaternary nitrogens is 1. The topological polar surface area (TPSA) is 77.4 Å². The number of hydrogen-bond acceptors (Lipinski definition) is 5. The summed E-state index contributed by atoms with van der Waals surface area (Å²) in [6, 6.07) is 6.37. The van der Waals surface area contributed by atoms with E-state index in [1.54, 1.807) is 24.3 Å². The third kappa shape index (κ3) is 5.42. The Morgan fingerprint density at radius 1 is 1.16 bits per heavy atom. The number of rotatable bonds is 5. The molecule has 1 aliphatic heterocycles. The van der Waals surface area contributed by atoms with Crippen molar-refractivity contribution >= 4 is 16.0 Å². The fraction of sp³-hybridized carbons (Fsp3) is 0.588. The van der Waals surface area contributed by atoms with E-state index in [2.05, 4.69) is 0 Å². The van der Waals surface area contributed by atoms with Gasteiger partial charge in [0, 0.05) is 0 Å². The summed E-state index contributed by atoms with van der Waals surface area (Å²) in [6.07, 6.45) is 0. The van der Waals surface area contributed by atoms with Gasteiger partial charge in [0.05, 0.1) is 38.2 Å². The highest BCUT2D eigenvalue weighted by Crippen LogP contribution is 2.19. The van der Waals surface area contributed by atoms with Crippen molar-refractivity contribution < 1.29 is 27.6 Å². The lowest BCUT2D eigenvalue weighted by atomic mass is 10.2. The predicted molar refractivity (Wildman–Crippen MR) is 93.2 cm³/mol. The largest absolute Gasteiger partial charge is 0.497 e. The van der Waals surface area contributed by atoms with Gasteiger partial charge in [-0.1, -0.05) is 0 Å². The first-order valence-electron chi connectivity index (χ1n) is 8.31. The zero-order valence-corrected chi connectivity index (χ0v) is 16.1. The van der Waals surface area contributed by atoms with Crippen LogP contribution in [0.15, 0.2) is 29.2 Å². The second-order valence-corrected chi connectivity index (χ2v) is 9.03. The highest BCUT2D eigenvalue weighted by Gasteiger charge is 2.32. The van der Waals surface area contributed by atoms with Gasteiger partial charge in [-0.2, -0.15) is 4.31 Å². The maximum absolute atomic E-state index is 12.7. The monoisotopic (exact) mass is 371 g/mol. The Labute approximate surface area is 149 Å². The quantitative estimate of drug-likeness (QED) is 0.733. The van der Waals surface area contributed by atoms with E-state index in [1.165, 1.54) is 11.4 Å². The molecule has 1 aliphatic rings. The van der Waals surface area contributed by atoms with Crippen LogP contribution in [0.2, 0.25) is 0 Å². The number of benzene rings is 1. The average molecular weight is 371 g/mol. The number of nitrogens with one attached hydrogen (secondary N) is 1. The van der Waals surface area contributed by atoms with Crippen LogP contribution in [0.25, 0.3) is 0 Å². The summed E-state index contributed by atoms with van der Waals surface area (Å²) >= 11 is 0. The van der Waals surface area contributed by atoms with E-state index in [0.29, 0.717) is 31.9 Å². The van der Waals surface area contributed by atoms with Crippen LogP contribution in [0.3, 0.4) is 0 Å². The third-order valence-corrected chi connectivity index (χ3v) is 5.85. The van der Waals surface area contributed by atoms with Crippen LogP contribution in [-0.2, 0) is 19.6 Å². The van der Waals surface area contributed by atoms with Crippen LogP contribution in [0.5, 0.6) is 5.75 Å². The molecule has 0 radical (unpaired) electrons. The van der Waals surface area contributed by atoms with Crippen LogP contribution in [-0.4, -0.2) is 64.1 Å². The summed E-state index contributed by atoms with van der Waals surface area (Å²) in [7, 11) is -1.98. The normalized spacial score (nSPS) is 17.3. The van der Waals surface area contributed by atoms with E-state index in [0.717, 1.165) is 4.90 Å². The zero-order valence-electron chi connectivity index (χ0n) is 15.2. The molecule has 0 unspecified atom stereocenters. The van der Waals surface area contributed by atoms with Gasteiger partial charge in [-0.05, 0) is 45.0 Å². The second-order valence-electron chi connectivity index (χ2n) is 7.09. The van der Waals surface area contributed by atoms with Gasteiger partial charge in [0.2, 0.25) is 10.0 Å². The zero-order chi connectivity index (χ0) is 18.7. The predicted octanol–water partition coefficient (Wildman–Crippen LogP) is -0.0739. The maximum atomic E-state index is 12.7. The number of hydrogen-bond donors (Lipinski definition) is 1. The van der Waals surface area contributed by atoms with Crippen molar-refractivity contribution in [2.24, 2.45) is 0 Å². The Morgan fingerprint density at radius 3 is 2.20 bits per heavy atom. The lowest BCUT2D eigenvalue weighted by molar-refractivity contribution is -0.896. The average Bonchev–Trinajstić information content (AvgIpc) is 2.53. The van der Waals surface area contributed by atoms with Crippen molar-refractivity contribution in [3.63, 3.8) is 0 Å². The minimum atomic E-state index is -3.52. The molecule has 25 heavy (non-hydrogen) atoms. The summed E-state index contributed by atoms with van der Waals surface area (Å²) in [4.78, 5) is 13.2. The molecular formula is C17H27N2O5S+. The van der Waals surface area contributed by atoms with Gasteiger partial charge < -0.3 is 14.4 Å².